The molecule has 0 aliphatic heterocycles. The zero-order valence-electron chi connectivity index (χ0n) is 12.1. The molecule has 3 aromatic rings. The molecular weight excluding hydrogens is 278 g/mol. The van der Waals surface area contributed by atoms with Crippen molar-refractivity contribution >= 4 is 22.8 Å². The van der Waals surface area contributed by atoms with Crippen molar-refractivity contribution in [2.24, 2.45) is 0 Å². The Labute approximate surface area is 127 Å². The van der Waals surface area contributed by atoms with E-state index in [1.165, 1.54) is 6.21 Å². The number of hydrogen-bond acceptors (Lipinski definition) is 3. The number of aryl methyl sites for hydroxylation is 1. The lowest BCUT2D eigenvalue weighted by Gasteiger charge is -2.08. The van der Waals surface area contributed by atoms with E-state index in [0.717, 1.165) is 22.0 Å². The predicted octanol–water partition coefficient (Wildman–Crippen LogP) is 3.90. The SMILES string of the molecule is Cc1ccc([N+](=O)[O-])c(Cn2ccc3c(C=N)cccc32)c1. The van der Waals surface area contributed by atoms with E-state index in [4.69, 9.17) is 5.41 Å². The minimum Gasteiger partial charge on any atom is -0.343 e. The average Bonchev–Trinajstić information content (AvgIpc) is 2.90. The largest absolute Gasteiger partial charge is 0.343 e. The Morgan fingerprint density at radius 3 is 2.82 bits per heavy atom. The molecule has 110 valence electrons. The number of aromatic nitrogens is 1. The summed E-state index contributed by atoms with van der Waals surface area (Å²) in [6, 6.07) is 12.8. The zero-order valence-corrected chi connectivity index (χ0v) is 12.1. The Morgan fingerprint density at radius 2 is 2.09 bits per heavy atom. The standard InChI is InChI=1S/C17H15N3O2/c1-12-5-6-16(20(21)22)14(9-12)11-19-8-7-15-13(10-18)3-2-4-17(15)19/h2-10,18H,11H2,1H3. The first-order valence-electron chi connectivity index (χ1n) is 6.92. The van der Waals surface area contributed by atoms with Gasteiger partial charge >= 0.3 is 0 Å². The van der Waals surface area contributed by atoms with Gasteiger partial charge in [0, 0.05) is 40.5 Å². The Hall–Kier alpha value is -2.95. The van der Waals surface area contributed by atoms with Crippen LogP contribution in [0.4, 0.5) is 5.69 Å². The van der Waals surface area contributed by atoms with E-state index in [-0.39, 0.29) is 10.6 Å². The quantitative estimate of drug-likeness (QED) is 0.450. The summed E-state index contributed by atoms with van der Waals surface area (Å²) < 4.78 is 1.98. The van der Waals surface area contributed by atoms with Gasteiger partial charge in [0.15, 0.2) is 0 Å². The van der Waals surface area contributed by atoms with Crippen LogP contribution in [0.5, 0.6) is 0 Å². The third kappa shape index (κ3) is 2.37. The van der Waals surface area contributed by atoms with Gasteiger partial charge in [0.1, 0.15) is 0 Å². The monoisotopic (exact) mass is 293 g/mol. The Bertz CT molecular complexity index is 881. The maximum Gasteiger partial charge on any atom is 0.274 e. The number of nitrogens with one attached hydrogen (secondary N) is 1. The van der Waals surface area contributed by atoms with E-state index in [0.29, 0.717) is 12.1 Å². The topological polar surface area (TPSA) is 71.9 Å². The molecule has 0 fully saturated rings. The van der Waals surface area contributed by atoms with Crippen LogP contribution in [0.25, 0.3) is 10.9 Å². The number of rotatable bonds is 4. The smallest absolute Gasteiger partial charge is 0.274 e. The molecule has 2 aromatic carbocycles. The molecule has 0 aliphatic carbocycles. The second kappa shape index (κ2) is 5.44. The van der Waals surface area contributed by atoms with Crippen LogP contribution in [-0.2, 0) is 6.54 Å². The molecule has 3 rings (SSSR count). The lowest BCUT2D eigenvalue weighted by atomic mass is 10.1. The summed E-state index contributed by atoms with van der Waals surface area (Å²) in [4.78, 5) is 10.8. The molecule has 0 saturated heterocycles. The molecular formula is C17H15N3O2. The van der Waals surface area contributed by atoms with Crippen molar-refractivity contribution in [1.29, 1.82) is 5.41 Å². The Balaban J connectivity index is 2.09. The lowest BCUT2D eigenvalue weighted by Crippen LogP contribution is -2.02. The van der Waals surface area contributed by atoms with Gasteiger partial charge in [-0.25, -0.2) is 0 Å². The Morgan fingerprint density at radius 1 is 1.27 bits per heavy atom. The minimum atomic E-state index is -0.344. The lowest BCUT2D eigenvalue weighted by molar-refractivity contribution is -0.385. The first-order valence-corrected chi connectivity index (χ1v) is 6.92. The third-order valence-electron chi connectivity index (χ3n) is 3.78. The van der Waals surface area contributed by atoms with Crippen LogP contribution in [-0.4, -0.2) is 15.7 Å². The van der Waals surface area contributed by atoms with E-state index in [1.807, 2.05) is 48.0 Å². The number of fused-ring (bicyclic) bond motifs is 1. The van der Waals surface area contributed by atoms with Gasteiger partial charge in [0.25, 0.3) is 5.69 Å². The van der Waals surface area contributed by atoms with E-state index in [1.54, 1.807) is 12.1 Å². The van der Waals surface area contributed by atoms with E-state index >= 15 is 0 Å². The van der Waals surface area contributed by atoms with Crippen molar-refractivity contribution < 1.29 is 4.92 Å². The zero-order chi connectivity index (χ0) is 15.7. The fourth-order valence-corrected chi connectivity index (χ4v) is 2.71. The van der Waals surface area contributed by atoms with Crippen LogP contribution in [0.3, 0.4) is 0 Å². The average molecular weight is 293 g/mol. The van der Waals surface area contributed by atoms with Crippen molar-refractivity contribution in [3.8, 4) is 0 Å². The van der Waals surface area contributed by atoms with Crippen LogP contribution in [0.15, 0.2) is 48.7 Å². The molecule has 1 heterocycles. The summed E-state index contributed by atoms with van der Waals surface area (Å²) in [6.07, 6.45) is 3.23. The first-order chi connectivity index (χ1) is 10.6. The van der Waals surface area contributed by atoms with E-state index < -0.39 is 0 Å². The number of nitro groups is 1. The Kier molecular flexibility index (Phi) is 3.47. The molecule has 0 unspecified atom stereocenters. The van der Waals surface area contributed by atoms with Gasteiger partial charge in [-0.2, -0.15) is 0 Å². The van der Waals surface area contributed by atoms with Crippen LogP contribution in [0.2, 0.25) is 0 Å². The van der Waals surface area contributed by atoms with E-state index in [9.17, 15) is 10.1 Å². The van der Waals surface area contributed by atoms with Crippen molar-refractivity contribution in [2.45, 2.75) is 13.5 Å². The van der Waals surface area contributed by atoms with Crippen LogP contribution >= 0.6 is 0 Å². The minimum absolute atomic E-state index is 0.135. The first kappa shape index (κ1) is 14.0. The summed E-state index contributed by atoms with van der Waals surface area (Å²) in [5, 5.41) is 19.6. The second-order valence-electron chi connectivity index (χ2n) is 5.26. The fraction of sp³-hybridized carbons (Fsp3) is 0.118. The van der Waals surface area contributed by atoms with Crippen molar-refractivity contribution in [1.82, 2.24) is 4.57 Å². The molecule has 1 N–H and O–H groups in total. The van der Waals surface area contributed by atoms with E-state index in [2.05, 4.69) is 0 Å². The molecule has 5 nitrogen and oxygen atoms in total. The van der Waals surface area contributed by atoms with Gasteiger partial charge in [-0.3, -0.25) is 10.1 Å². The third-order valence-corrected chi connectivity index (χ3v) is 3.78. The predicted molar refractivity (Wildman–Crippen MR) is 86.8 cm³/mol. The number of nitro benzene ring substituents is 1. The highest BCUT2D eigenvalue weighted by atomic mass is 16.6. The summed E-state index contributed by atoms with van der Waals surface area (Å²) in [6.45, 7) is 2.36. The summed E-state index contributed by atoms with van der Waals surface area (Å²) in [5.41, 5.74) is 3.63. The van der Waals surface area contributed by atoms with Crippen molar-refractivity contribution in [2.75, 3.05) is 0 Å². The maximum atomic E-state index is 11.2. The maximum absolute atomic E-state index is 11.2. The fourth-order valence-electron chi connectivity index (χ4n) is 2.71. The molecule has 0 saturated carbocycles. The molecule has 0 bridgehead atoms. The molecule has 0 spiro atoms. The van der Waals surface area contributed by atoms with Gasteiger partial charge in [-0.1, -0.05) is 23.8 Å². The summed E-state index contributed by atoms with van der Waals surface area (Å²) in [5.74, 6) is 0. The highest BCUT2D eigenvalue weighted by Gasteiger charge is 2.14. The molecule has 22 heavy (non-hydrogen) atoms. The summed E-state index contributed by atoms with van der Waals surface area (Å²) >= 11 is 0. The van der Waals surface area contributed by atoms with Crippen LogP contribution in [0, 0.1) is 22.4 Å². The van der Waals surface area contributed by atoms with Gasteiger partial charge < -0.3 is 9.98 Å². The number of nitrogens with zero attached hydrogens (tertiary/aromatic N) is 2. The molecule has 0 aliphatic rings. The molecule has 5 heteroatoms. The summed E-state index contributed by atoms with van der Waals surface area (Å²) in [7, 11) is 0. The highest BCUT2D eigenvalue weighted by Crippen LogP contribution is 2.24. The van der Waals surface area contributed by atoms with Gasteiger partial charge in [0.2, 0.25) is 0 Å². The second-order valence-corrected chi connectivity index (χ2v) is 5.26. The van der Waals surface area contributed by atoms with Gasteiger partial charge in [-0.05, 0) is 25.1 Å². The van der Waals surface area contributed by atoms with Crippen molar-refractivity contribution in [3.63, 3.8) is 0 Å². The molecule has 1 aromatic heterocycles. The number of hydrogen-bond donors (Lipinski definition) is 1. The molecule has 0 radical (unpaired) electrons. The van der Waals surface area contributed by atoms with Crippen LogP contribution < -0.4 is 0 Å². The normalized spacial score (nSPS) is 10.8. The molecule has 0 amide bonds. The van der Waals surface area contributed by atoms with Crippen LogP contribution in [0.1, 0.15) is 16.7 Å². The molecule has 0 atom stereocenters. The highest BCUT2D eigenvalue weighted by molar-refractivity contribution is 5.97. The van der Waals surface area contributed by atoms with Gasteiger partial charge in [0.05, 0.1) is 11.5 Å². The van der Waals surface area contributed by atoms with Gasteiger partial charge in [-0.15, -0.1) is 0 Å². The van der Waals surface area contributed by atoms with Crippen molar-refractivity contribution in [3.05, 3.63) is 75.5 Å². The number of benzene rings is 2.